The first-order valence-corrected chi connectivity index (χ1v) is 8.68. The van der Waals surface area contributed by atoms with Crippen LogP contribution in [0.25, 0.3) is 5.69 Å². The highest BCUT2D eigenvalue weighted by atomic mass is 32.2. The first kappa shape index (κ1) is 18.3. The molecule has 0 aliphatic rings. The summed E-state index contributed by atoms with van der Waals surface area (Å²) >= 11 is 1.35. The lowest BCUT2D eigenvalue weighted by Crippen LogP contribution is -2.28. The summed E-state index contributed by atoms with van der Waals surface area (Å²) in [6, 6.07) is 7.71. The van der Waals surface area contributed by atoms with E-state index >= 15 is 0 Å². The van der Waals surface area contributed by atoms with Crippen LogP contribution < -0.4 is 10.1 Å². The Balaban J connectivity index is 2.04. The lowest BCUT2D eigenvalue weighted by Gasteiger charge is -2.10. The van der Waals surface area contributed by atoms with Crippen LogP contribution in [-0.2, 0) is 9.53 Å². The third kappa shape index (κ3) is 4.97. The molecule has 0 aliphatic carbocycles. The normalized spacial score (nSPS) is 10.6. The van der Waals surface area contributed by atoms with Gasteiger partial charge in [0.1, 0.15) is 11.6 Å². The van der Waals surface area contributed by atoms with Gasteiger partial charge in [-0.1, -0.05) is 11.8 Å². The van der Waals surface area contributed by atoms with Gasteiger partial charge < -0.3 is 14.8 Å². The lowest BCUT2D eigenvalue weighted by atomic mass is 10.3. The second-order valence-corrected chi connectivity index (χ2v) is 5.87. The molecule has 2 rings (SSSR count). The number of hydrogen-bond acceptors (Lipinski definition) is 6. The van der Waals surface area contributed by atoms with Crippen molar-refractivity contribution < 1.29 is 14.3 Å². The number of hydrogen-bond donors (Lipinski definition) is 1. The molecule has 0 radical (unpaired) electrons. The first-order chi connectivity index (χ1) is 11.7. The molecule has 0 bridgehead atoms. The predicted octanol–water partition coefficient (Wildman–Crippen LogP) is 1.83. The summed E-state index contributed by atoms with van der Waals surface area (Å²) in [6.07, 6.45) is 0. The number of aromatic nitrogens is 3. The Morgan fingerprint density at radius 3 is 2.71 bits per heavy atom. The van der Waals surface area contributed by atoms with Crippen LogP contribution in [0.3, 0.4) is 0 Å². The van der Waals surface area contributed by atoms with Gasteiger partial charge in [0.25, 0.3) is 0 Å². The number of carbonyl (C=O) groups is 1. The maximum Gasteiger partial charge on any atom is 0.230 e. The summed E-state index contributed by atoms with van der Waals surface area (Å²) < 4.78 is 12.3. The standard InChI is InChI=1S/C16H22N4O3S/c1-4-23-14-7-5-13(6-8-14)20-12(2)18-19-16(20)24-11-15(21)17-9-10-22-3/h5-8H,4,9-11H2,1-3H3,(H,17,21). The van der Waals surface area contributed by atoms with Crippen molar-refractivity contribution in [1.29, 1.82) is 0 Å². The van der Waals surface area contributed by atoms with Gasteiger partial charge in [0.15, 0.2) is 5.16 Å². The highest BCUT2D eigenvalue weighted by Gasteiger charge is 2.13. The molecule has 0 unspecified atom stereocenters. The van der Waals surface area contributed by atoms with Gasteiger partial charge in [0, 0.05) is 19.3 Å². The number of rotatable bonds is 9. The average Bonchev–Trinajstić information content (AvgIpc) is 2.95. The zero-order chi connectivity index (χ0) is 17.4. The monoisotopic (exact) mass is 350 g/mol. The fourth-order valence-corrected chi connectivity index (χ4v) is 2.89. The van der Waals surface area contributed by atoms with Crippen LogP contribution >= 0.6 is 11.8 Å². The molecule has 0 atom stereocenters. The molecule has 1 N–H and O–H groups in total. The molecule has 0 saturated heterocycles. The van der Waals surface area contributed by atoms with Crippen LogP contribution in [0.15, 0.2) is 29.4 Å². The Labute approximate surface area is 145 Å². The van der Waals surface area contributed by atoms with Gasteiger partial charge in [0.05, 0.1) is 19.0 Å². The Morgan fingerprint density at radius 2 is 2.04 bits per heavy atom. The minimum Gasteiger partial charge on any atom is -0.494 e. The molecule has 8 heteroatoms. The quantitative estimate of drug-likeness (QED) is 0.549. The van der Waals surface area contributed by atoms with Crippen LogP contribution in [0.2, 0.25) is 0 Å². The molecule has 2 aromatic rings. The summed E-state index contributed by atoms with van der Waals surface area (Å²) in [5.74, 6) is 1.80. The molecule has 0 saturated carbocycles. The van der Waals surface area contributed by atoms with Crippen molar-refractivity contribution in [3.8, 4) is 11.4 Å². The summed E-state index contributed by atoms with van der Waals surface area (Å²) in [5, 5.41) is 11.7. The largest absolute Gasteiger partial charge is 0.494 e. The van der Waals surface area contributed by atoms with Gasteiger partial charge in [0.2, 0.25) is 5.91 Å². The van der Waals surface area contributed by atoms with Crippen molar-refractivity contribution in [1.82, 2.24) is 20.1 Å². The van der Waals surface area contributed by atoms with Crippen LogP contribution in [-0.4, -0.2) is 53.3 Å². The van der Waals surface area contributed by atoms with Crippen LogP contribution in [0, 0.1) is 6.92 Å². The smallest absolute Gasteiger partial charge is 0.230 e. The Bertz CT molecular complexity index is 658. The molecule has 7 nitrogen and oxygen atoms in total. The van der Waals surface area contributed by atoms with Crippen molar-refractivity contribution in [3.63, 3.8) is 0 Å². The van der Waals surface area contributed by atoms with E-state index in [-0.39, 0.29) is 11.7 Å². The van der Waals surface area contributed by atoms with Crippen LogP contribution in [0.5, 0.6) is 5.75 Å². The van der Waals surface area contributed by atoms with E-state index in [4.69, 9.17) is 9.47 Å². The maximum atomic E-state index is 11.8. The zero-order valence-corrected chi connectivity index (χ0v) is 14.9. The van der Waals surface area contributed by atoms with E-state index in [2.05, 4.69) is 15.5 Å². The summed E-state index contributed by atoms with van der Waals surface area (Å²) in [4.78, 5) is 11.8. The lowest BCUT2D eigenvalue weighted by molar-refractivity contribution is -0.118. The molecule has 24 heavy (non-hydrogen) atoms. The van der Waals surface area contributed by atoms with Crippen molar-refractivity contribution in [2.75, 3.05) is 32.6 Å². The third-order valence-corrected chi connectivity index (χ3v) is 4.09. The number of nitrogens with one attached hydrogen (secondary N) is 1. The van der Waals surface area contributed by atoms with Crippen molar-refractivity contribution in [2.45, 2.75) is 19.0 Å². The van der Waals surface area contributed by atoms with Gasteiger partial charge in [-0.15, -0.1) is 10.2 Å². The fraction of sp³-hybridized carbons (Fsp3) is 0.438. The Hall–Kier alpha value is -2.06. The highest BCUT2D eigenvalue weighted by Crippen LogP contribution is 2.23. The zero-order valence-electron chi connectivity index (χ0n) is 14.1. The fourth-order valence-electron chi connectivity index (χ4n) is 2.07. The summed E-state index contributed by atoms with van der Waals surface area (Å²) in [7, 11) is 1.60. The Kier molecular flexibility index (Phi) is 7.07. The number of aryl methyl sites for hydroxylation is 1. The maximum absolute atomic E-state index is 11.8. The second kappa shape index (κ2) is 9.29. The number of methoxy groups -OCH3 is 1. The van der Waals surface area contributed by atoms with E-state index in [9.17, 15) is 4.79 Å². The number of benzene rings is 1. The first-order valence-electron chi connectivity index (χ1n) is 7.69. The SMILES string of the molecule is CCOc1ccc(-n2c(C)nnc2SCC(=O)NCCOC)cc1. The Morgan fingerprint density at radius 1 is 1.29 bits per heavy atom. The second-order valence-electron chi connectivity index (χ2n) is 4.92. The van der Waals surface area contributed by atoms with E-state index in [0.717, 1.165) is 17.3 Å². The van der Waals surface area contributed by atoms with Crippen LogP contribution in [0.4, 0.5) is 0 Å². The number of thioether (sulfide) groups is 1. The molecule has 1 aromatic heterocycles. The van der Waals surface area contributed by atoms with Crippen molar-refractivity contribution in [3.05, 3.63) is 30.1 Å². The minimum absolute atomic E-state index is 0.0593. The van der Waals surface area contributed by atoms with E-state index in [0.29, 0.717) is 24.9 Å². The molecule has 1 amide bonds. The van der Waals surface area contributed by atoms with Gasteiger partial charge in [-0.3, -0.25) is 9.36 Å². The summed E-state index contributed by atoms with van der Waals surface area (Å²) in [6.45, 7) is 5.46. The van der Waals surface area contributed by atoms with Gasteiger partial charge >= 0.3 is 0 Å². The molecule has 0 aliphatic heterocycles. The van der Waals surface area contributed by atoms with Crippen molar-refractivity contribution in [2.24, 2.45) is 0 Å². The van der Waals surface area contributed by atoms with Gasteiger partial charge in [-0.25, -0.2) is 0 Å². The summed E-state index contributed by atoms with van der Waals surface area (Å²) in [5.41, 5.74) is 0.934. The van der Waals surface area contributed by atoms with E-state index in [1.807, 2.05) is 42.7 Å². The van der Waals surface area contributed by atoms with E-state index in [1.54, 1.807) is 7.11 Å². The number of nitrogens with zero attached hydrogens (tertiary/aromatic N) is 3. The van der Waals surface area contributed by atoms with E-state index in [1.165, 1.54) is 11.8 Å². The number of carbonyl (C=O) groups excluding carboxylic acids is 1. The molecular weight excluding hydrogens is 328 g/mol. The molecule has 130 valence electrons. The predicted molar refractivity (Wildman–Crippen MR) is 92.9 cm³/mol. The van der Waals surface area contributed by atoms with Crippen molar-refractivity contribution >= 4 is 17.7 Å². The molecular formula is C16H22N4O3S. The number of amides is 1. The van der Waals surface area contributed by atoms with Gasteiger partial charge in [-0.2, -0.15) is 0 Å². The topological polar surface area (TPSA) is 78.3 Å². The molecule has 0 fully saturated rings. The highest BCUT2D eigenvalue weighted by molar-refractivity contribution is 7.99. The molecule has 0 spiro atoms. The average molecular weight is 350 g/mol. The molecule has 1 heterocycles. The molecule has 1 aromatic carbocycles. The number of ether oxygens (including phenoxy) is 2. The van der Waals surface area contributed by atoms with Gasteiger partial charge in [-0.05, 0) is 38.1 Å². The van der Waals surface area contributed by atoms with Crippen LogP contribution in [0.1, 0.15) is 12.7 Å². The third-order valence-electron chi connectivity index (χ3n) is 3.16. The van der Waals surface area contributed by atoms with E-state index < -0.39 is 0 Å². The minimum atomic E-state index is -0.0593.